The molecule has 1 aliphatic carbocycles. The molecule has 1 rings (SSSR count). The molecule has 0 aliphatic heterocycles. The Morgan fingerprint density at radius 3 is 2.62 bits per heavy atom. The van der Waals surface area contributed by atoms with Crippen LogP contribution in [0.15, 0.2) is 0 Å². The second-order valence-corrected chi connectivity index (χ2v) is 7.22. The van der Waals surface area contributed by atoms with E-state index in [9.17, 15) is 8.42 Å². The van der Waals surface area contributed by atoms with E-state index in [-0.39, 0.29) is 11.7 Å². The minimum atomic E-state index is -3.14. The third-order valence-electron chi connectivity index (χ3n) is 3.37. The summed E-state index contributed by atoms with van der Waals surface area (Å²) in [5, 5.41) is 0. The SMILES string of the molecule is CC(CCl)CS(=O)(=O)NCC1CCCC1C. The summed E-state index contributed by atoms with van der Waals surface area (Å²) in [5.41, 5.74) is 0. The van der Waals surface area contributed by atoms with Crippen molar-refractivity contribution < 1.29 is 8.42 Å². The number of hydrogen-bond acceptors (Lipinski definition) is 2. The number of rotatable bonds is 6. The Balaban J connectivity index is 2.35. The van der Waals surface area contributed by atoms with Crippen molar-refractivity contribution in [1.82, 2.24) is 4.72 Å². The normalized spacial score (nSPS) is 28.2. The summed E-state index contributed by atoms with van der Waals surface area (Å²) >= 11 is 5.62. The maximum absolute atomic E-state index is 11.7. The number of hydrogen-bond donors (Lipinski definition) is 1. The molecule has 1 aliphatic rings. The van der Waals surface area contributed by atoms with Gasteiger partial charge >= 0.3 is 0 Å². The lowest BCUT2D eigenvalue weighted by Gasteiger charge is -2.17. The first-order valence-corrected chi connectivity index (χ1v) is 8.16. The molecule has 0 aromatic rings. The summed E-state index contributed by atoms with van der Waals surface area (Å²) in [6.45, 7) is 4.65. The molecule has 0 radical (unpaired) electrons. The monoisotopic (exact) mass is 267 g/mol. The van der Waals surface area contributed by atoms with E-state index in [1.165, 1.54) is 12.8 Å². The minimum absolute atomic E-state index is 0.0140. The molecular weight excluding hydrogens is 246 g/mol. The molecule has 0 saturated heterocycles. The second kappa shape index (κ2) is 6.22. The third kappa shape index (κ3) is 4.60. The molecule has 0 bridgehead atoms. The van der Waals surface area contributed by atoms with Crippen LogP contribution in [0.2, 0.25) is 0 Å². The van der Waals surface area contributed by atoms with E-state index in [0.29, 0.717) is 24.3 Å². The third-order valence-corrected chi connectivity index (χ3v) is 5.51. The lowest BCUT2D eigenvalue weighted by molar-refractivity contribution is 0.414. The van der Waals surface area contributed by atoms with Crippen LogP contribution in [0.25, 0.3) is 0 Å². The zero-order chi connectivity index (χ0) is 12.2. The molecule has 0 spiro atoms. The van der Waals surface area contributed by atoms with Crippen molar-refractivity contribution in [3.63, 3.8) is 0 Å². The topological polar surface area (TPSA) is 46.2 Å². The molecule has 0 amide bonds. The van der Waals surface area contributed by atoms with Crippen LogP contribution in [0, 0.1) is 17.8 Å². The molecule has 3 unspecified atom stereocenters. The van der Waals surface area contributed by atoms with Crippen molar-refractivity contribution in [3.8, 4) is 0 Å². The summed E-state index contributed by atoms with van der Waals surface area (Å²) in [6.07, 6.45) is 3.60. The highest BCUT2D eigenvalue weighted by molar-refractivity contribution is 7.89. The summed E-state index contributed by atoms with van der Waals surface area (Å²) in [6, 6.07) is 0. The molecule has 0 aromatic heterocycles. The molecule has 1 saturated carbocycles. The maximum atomic E-state index is 11.7. The molecule has 0 aromatic carbocycles. The van der Waals surface area contributed by atoms with Gasteiger partial charge < -0.3 is 0 Å². The highest BCUT2D eigenvalue weighted by atomic mass is 35.5. The van der Waals surface area contributed by atoms with Crippen LogP contribution >= 0.6 is 11.6 Å². The fraction of sp³-hybridized carbons (Fsp3) is 1.00. The molecule has 96 valence electrons. The van der Waals surface area contributed by atoms with Gasteiger partial charge in [0.05, 0.1) is 5.75 Å². The van der Waals surface area contributed by atoms with Crippen molar-refractivity contribution in [2.45, 2.75) is 33.1 Å². The van der Waals surface area contributed by atoms with Crippen molar-refractivity contribution >= 4 is 21.6 Å². The first-order valence-electron chi connectivity index (χ1n) is 5.98. The molecule has 1 fully saturated rings. The molecule has 16 heavy (non-hydrogen) atoms. The van der Waals surface area contributed by atoms with E-state index in [4.69, 9.17) is 11.6 Å². The van der Waals surface area contributed by atoms with Crippen LogP contribution in [0.1, 0.15) is 33.1 Å². The number of sulfonamides is 1. The molecule has 0 heterocycles. The number of halogens is 1. The average Bonchev–Trinajstić information content (AvgIpc) is 2.60. The number of alkyl halides is 1. The van der Waals surface area contributed by atoms with E-state index in [2.05, 4.69) is 11.6 Å². The molecule has 3 atom stereocenters. The Bertz CT molecular complexity index is 305. The zero-order valence-corrected chi connectivity index (χ0v) is 11.6. The summed E-state index contributed by atoms with van der Waals surface area (Å²) < 4.78 is 26.1. The highest BCUT2D eigenvalue weighted by Gasteiger charge is 2.25. The van der Waals surface area contributed by atoms with E-state index in [1.807, 2.05) is 6.92 Å². The van der Waals surface area contributed by atoms with Gasteiger partial charge in [0.25, 0.3) is 0 Å². The Morgan fingerprint density at radius 1 is 1.44 bits per heavy atom. The predicted octanol–water partition coefficient (Wildman–Crippen LogP) is 2.22. The summed E-state index contributed by atoms with van der Waals surface area (Å²) in [4.78, 5) is 0. The lowest BCUT2D eigenvalue weighted by Crippen LogP contribution is -2.34. The van der Waals surface area contributed by atoms with Crippen LogP contribution in [-0.4, -0.2) is 26.6 Å². The highest BCUT2D eigenvalue weighted by Crippen LogP contribution is 2.30. The van der Waals surface area contributed by atoms with Crippen molar-refractivity contribution in [1.29, 1.82) is 0 Å². The van der Waals surface area contributed by atoms with Gasteiger partial charge in [0.1, 0.15) is 0 Å². The fourth-order valence-corrected chi connectivity index (χ4v) is 3.93. The van der Waals surface area contributed by atoms with Gasteiger partial charge in [-0.1, -0.05) is 26.7 Å². The van der Waals surface area contributed by atoms with E-state index in [1.54, 1.807) is 0 Å². The summed E-state index contributed by atoms with van der Waals surface area (Å²) in [5.74, 6) is 1.70. The van der Waals surface area contributed by atoms with E-state index in [0.717, 1.165) is 6.42 Å². The molecule has 5 heteroatoms. The van der Waals surface area contributed by atoms with Gasteiger partial charge in [-0.2, -0.15) is 0 Å². The fourth-order valence-electron chi connectivity index (χ4n) is 2.24. The first-order chi connectivity index (χ1) is 7.44. The standard InChI is InChI=1S/C11H22ClNO2S/c1-9(6-12)8-16(14,15)13-7-11-5-3-4-10(11)2/h9-11,13H,3-8H2,1-2H3. The van der Waals surface area contributed by atoms with Gasteiger partial charge in [0, 0.05) is 12.4 Å². The number of nitrogens with one attached hydrogen (secondary N) is 1. The zero-order valence-electron chi connectivity index (χ0n) is 10.1. The van der Waals surface area contributed by atoms with Crippen LogP contribution in [0.3, 0.4) is 0 Å². The Kier molecular flexibility index (Phi) is 5.54. The van der Waals surface area contributed by atoms with Crippen molar-refractivity contribution in [3.05, 3.63) is 0 Å². The minimum Gasteiger partial charge on any atom is -0.215 e. The van der Waals surface area contributed by atoms with Crippen LogP contribution in [0.5, 0.6) is 0 Å². The van der Waals surface area contributed by atoms with Gasteiger partial charge in [-0.25, -0.2) is 13.1 Å². The van der Waals surface area contributed by atoms with Crippen LogP contribution in [-0.2, 0) is 10.0 Å². The van der Waals surface area contributed by atoms with Gasteiger partial charge in [0.15, 0.2) is 0 Å². The van der Waals surface area contributed by atoms with Gasteiger partial charge in [0.2, 0.25) is 10.0 Å². The Morgan fingerprint density at radius 2 is 2.12 bits per heavy atom. The van der Waals surface area contributed by atoms with Crippen molar-refractivity contribution in [2.24, 2.45) is 17.8 Å². The van der Waals surface area contributed by atoms with Gasteiger partial charge in [-0.15, -0.1) is 11.6 Å². The lowest BCUT2D eigenvalue weighted by atomic mass is 9.99. The van der Waals surface area contributed by atoms with Crippen molar-refractivity contribution in [2.75, 3.05) is 18.2 Å². The predicted molar refractivity (Wildman–Crippen MR) is 68.2 cm³/mol. The smallest absolute Gasteiger partial charge is 0.211 e. The first kappa shape index (κ1) is 14.3. The second-order valence-electron chi connectivity index (χ2n) is 5.06. The Labute approximate surface area is 104 Å². The maximum Gasteiger partial charge on any atom is 0.211 e. The summed E-state index contributed by atoms with van der Waals surface area (Å²) in [7, 11) is -3.14. The van der Waals surface area contributed by atoms with Crippen LogP contribution < -0.4 is 4.72 Å². The molecule has 3 nitrogen and oxygen atoms in total. The van der Waals surface area contributed by atoms with Crippen LogP contribution in [0.4, 0.5) is 0 Å². The van der Waals surface area contributed by atoms with E-state index < -0.39 is 10.0 Å². The van der Waals surface area contributed by atoms with Gasteiger partial charge in [-0.05, 0) is 24.2 Å². The quantitative estimate of drug-likeness (QED) is 0.750. The van der Waals surface area contributed by atoms with E-state index >= 15 is 0 Å². The largest absolute Gasteiger partial charge is 0.215 e. The molecule has 1 N–H and O–H groups in total. The average molecular weight is 268 g/mol. The molecular formula is C11H22ClNO2S. The Hall–Kier alpha value is 0.200. The van der Waals surface area contributed by atoms with Gasteiger partial charge in [-0.3, -0.25) is 0 Å².